The van der Waals surface area contributed by atoms with E-state index in [0.717, 1.165) is 5.66 Å². The first-order chi connectivity index (χ1) is 7.69. The lowest BCUT2D eigenvalue weighted by Gasteiger charge is -2.33. The second-order valence-corrected chi connectivity index (χ2v) is 9.66. The molecule has 0 heterocycles. The Morgan fingerprint density at radius 1 is 1.29 bits per heavy atom. The monoisotopic (exact) mass is 253 g/mol. The van der Waals surface area contributed by atoms with Crippen LogP contribution in [0.4, 0.5) is 0 Å². The van der Waals surface area contributed by atoms with E-state index >= 15 is 0 Å². The molecule has 1 atom stereocenters. The molecule has 1 heteroatoms. The van der Waals surface area contributed by atoms with Gasteiger partial charge in [-0.3, -0.25) is 0 Å². The minimum Gasteiger partial charge on any atom is -0.103 e. The fraction of sp³-hybridized carbons (Fsp3) is 0.812. The summed E-state index contributed by atoms with van der Waals surface area (Å²) in [5.41, 5.74) is 1.76. The quantitative estimate of drug-likeness (QED) is 0.452. The third-order valence-electron chi connectivity index (χ3n) is 4.75. The smallest absolute Gasteiger partial charge is 0.103 e. The van der Waals surface area contributed by atoms with Crippen LogP contribution in [0.1, 0.15) is 60.3 Å². The summed E-state index contributed by atoms with van der Waals surface area (Å²) in [6, 6.07) is 0. The van der Waals surface area contributed by atoms with E-state index in [0.29, 0.717) is 10.8 Å². The van der Waals surface area contributed by atoms with Gasteiger partial charge in [0.25, 0.3) is 0 Å². The van der Waals surface area contributed by atoms with Crippen LogP contribution in [-0.4, -0.2) is 17.6 Å². The van der Waals surface area contributed by atoms with Crippen molar-refractivity contribution in [3.8, 4) is 0 Å². The molecule has 0 radical (unpaired) electrons. The van der Waals surface area contributed by atoms with Crippen molar-refractivity contribution < 1.29 is 0 Å². The Morgan fingerprint density at radius 3 is 2.12 bits per heavy atom. The Balaban J connectivity index is 2.76. The Labute approximate surface area is 109 Å². The summed E-state index contributed by atoms with van der Waals surface area (Å²) >= 11 is 0. The molecule has 1 fully saturated rings. The van der Waals surface area contributed by atoms with Crippen LogP contribution in [0.15, 0.2) is 12.7 Å². The minimum absolute atomic E-state index is 0.0879. The lowest BCUT2D eigenvalue weighted by atomic mass is 9.76. The SMILES string of the molecule is C=CC1(C)CCC([P+](C)=C(C)C(C)(C)C)CC1. The van der Waals surface area contributed by atoms with Gasteiger partial charge in [0, 0.05) is 5.41 Å². The van der Waals surface area contributed by atoms with E-state index < -0.39 is 0 Å². The van der Waals surface area contributed by atoms with Gasteiger partial charge in [0.15, 0.2) is 0 Å². The van der Waals surface area contributed by atoms with Crippen LogP contribution in [0.2, 0.25) is 0 Å². The summed E-state index contributed by atoms with van der Waals surface area (Å²) in [6.07, 6.45) is 7.66. The molecular weight excluding hydrogens is 223 g/mol. The van der Waals surface area contributed by atoms with Crippen molar-refractivity contribution >= 4 is 12.8 Å². The van der Waals surface area contributed by atoms with Crippen LogP contribution in [0, 0.1) is 10.8 Å². The Morgan fingerprint density at radius 2 is 1.76 bits per heavy atom. The zero-order valence-electron chi connectivity index (χ0n) is 12.6. The predicted octanol–water partition coefficient (Wildman–Crippen LogP) is 5.47. The third-order valence-corrected chi connectivity index (χ3v) is 8.09. The summed E-state index contributed by atoms with van der Waals surface area (Å²) in [4.78, 5) is 0. The van der Waals surface area contributed by atoms with E-state index in [-0.39, 0.29) is 7.55 Å². The summed E-state index contributed by atoms with van der Waals surface area (Å²) in [5, 5.41) is 1.74. The van der Waals surface area contributed by atoms with Crippen molar-refractivity contribution in [2.45, 2.75) is 66.0 Å². The van der Waals surface area contributed by atoms with Crippen molar-refractivity contribution in [1.29, 1.82) is 0 Å². The van der Waals surface area contributed by atoms with Gasteiger partial charge < -0.3 is 0 Å². The van der Waals surface area contributed by atoms with Gasteiger partial charge in [-0.25, -0.2) is 0 Å². The molecular formula is C16H30P+. The van der Waals surface area contributed by atoms with Crippen LogP contribution in [0.3, 0.4) is 0 Å². The molecule has 0 aromatic rings. The fourth-order valence-electron chi connectivity index (χ4n) is 2.66. The molecule has 1 saturated carbocycles. The zero-order valence-corrected chi connectivity index (χ0v) is 13.5. The van der Waals surface area contributed by atoms with Crippen LogP contribution in [0.25, 0.3) is 0 Å². The van der Waals surface area contributed by atoms with Gasteiger partial charge in [0.2, 0.25) is 0 Å². The highest BCUT2D eigenvalue weighted by molar-refractivity contribution is 7.58. The van der Waals surface area contributed by atoms with Gasteiger partial charge in [-0.2, -0.15) is 0 Å². The number of rotatable bonds is 2. The Kier molecular flexibility index (Phi) is 4.64. The largest absolute Gasteiger partial charge is 0.116 e. The molecule has 0 aromatic carbocycles. The molecule has 1 aliphatic rings. The highest BCUT2D eigenvalue weighted by Crippen LogP contribution is 2.46. The second kappa shape index (κ2) is 5.27. The van der Waals surface area contributed by atoms with Crippen molar-refractivity contribution in [3.63, 3.8) is 0 Å². The molecule has 0 aromatic heterocycles. The van der Waals surface area contributed by atoms with Crippen molar-refractivity contribution in [3.05, 3.63) is 12.7 Å². The van der Waals surface area contributed by atoms with E-state index in [2.05, 4.69) is 53.9 Å². The van der Waals surface area contributed by atoms with Crippen LogP contribution in [-0.2, 0) is 0 Å². The maximum Gasteiger partial charge on any atom is 0.116 e. The summed E-state index contributed by atoms with van der Waals surface area (Å²) in [7, 11) is 0.0879. The Hall–Kier alpha value is -0.0900. The van der Waals surface area contributed by atoms with E-state index in [9.17, 15) is 0 Å². The molecule has 17 heavy (non-hydrogen) atoms. The molecule has 0 spiro atoms. The van der Waals surface area contributed by atoms with Gasteiger partial charge in [-0.15, -0.1) is 6.58 Å². The standard InChI is InChI=1S/C16H30P/c1-8-16(6)11-9-14(10-12-16)17(7)13(2)15(3,4)5/h8,14H,1,9-12H2,2-7H3/q+1. The Bertz CT molecular complexity index is 309. The van der Waals surface area contributed by atoms with Crippen molar-refractivity contribution in [2.24, 2.45) is 10.8 Å². The summed E-state index contributed by atoms with van der Waals surface area (Å²) < 4.78 is 0. The lowest BCUT2D eigenvalue weighted by molar-refractivity contribution is 0.291. The first-order valence-electron chi connectivity index (χ1n) is 6.90. The van der Waals surface area contributed by atoms with E-state index in [4.69, 9.17) is 0 Å². The number of allylic oxidation sites excluding steroid dienone is 1. The summed E-state index contributed by atoms with van der Waals surface area (Å²) in [5.74, 6) is 0. The summed E-state index contributed by atoms with van der Waals surface area (Å²) in [6.45, 7) is 18.3. The number of hydrogen-bond acceptors (Lipinski definition) is 0. The average Bonchev–Trinajstić information content (AvgIpc) is 2.27. The van der Waals surface area contributed by atoms with E-state index in [1.165, 1.54) is 25.7 Å². The lowest BCUT2D eigenvalue weighted by Crippen LogP contribution is -2.25. The van der Waals surface area contributed by atoms with Gasteiger partial charge in [0.1, 0.15) is 5.66 Å². The van der Waals surface area contributed by atoms with Gasteiger partial charge in [0.05, 0.1) is 19.5 Å². The van der Waals surface area contributed by atoms with Gasteiger partial charge in [-0.05, 0) is 38.0 Å². The molecule has 0 saturated heterocycles. The van der Waals surface area contributed by atoms with Crippen molar-refractivity contribution in [2.75, 3.05) is 6.66 Å². The van der Waals surface area contributed by atoms with Gasteiger partial charge in [-0.1, -0.05) is 33.8 Å². The molecule has 1 unspecified atom stereocenters. The maximum atomic E-state index is 4.00. The normalized spacial score (nSPS) is 32.0. The molecule has 1 aliphatic carbocycles. The molecule has 0 bridgehead atoms. The zero-order chi connectivity index (χ0) is 13.3. The second-order valence-electron chi connectivity index (χ2n) is 7.04. The van der Waals surface area contributed by atoms with E-state index in [1.54, 1.807) is 5.29 Å². The first kappa shape index (κ1) is 15.0. The number of hydrogen-bond donors (Lipinski definition) is 0. The molecule has 1 rings (SSSR count). The maximum absolute atomic E-state index is 4.00. The van der Waals surface area contributed by atoms with Crippen LogP contribution >= 0.6 is 7.55 Å². The predicted molar refractivity (Wildman–Crippen MR) is 83.5 cm³/mol. The highest BCUT2D eigenvalue weighted by Gasteiger charge is 2.36. The molecule has 0 nitrogen and oxygen atoms in total. The molecule has 98 valence electrons. The fourth-order valence-corrected chi connectivity index (χ4v) is 5.30. The molecule has 0 amide bonds. The van der Waals surface area contributed by atoms with Crippen molar-refractivity contribution in [1.82, 2.24) is 0 Å². The third kappa shape index (κ3) is 3.68. The average molecular weight is 253 g/mol. The highest BCUT2D eigenvalue weighted by atomic mass is 31.1. The molecule has 0 N–H and O–H groups in total. The van der Waals surface area contributed by atoms with Crippen LogP contribution in [0.5, 0.6) is 0 Å². The van der Waals surface area contributed by atoms with Crippen LogP contribution < -0.4 is 0 Å². The van der Waals surface area contributed by atoms with Gasteiger partial charge >= 0.3 is 0 Å². The topological polar surface area (TPSA) is 0 Å². The minimum atomic E-state index is 0.0879. The van der Waals surface area contributed by atoms with E-state index in [1.807, 2.05) is 0 Å². The molecule has 0 aliphatic heterocycles. The first-order valence-corrected chi connectivity index (χ1v) is 8.76.